The molecule has 0 bridgehead atoms. The number of carbonyl (C=O) groups excluding carboxylic acids is 1. The number of carbonyl (C=O) groups is 1. The standard InChI is InChI=1S/C14H19FN2O2/c1-3-12(9-19-2)17-13(18)8-16-14(17)10-5-4-6-11(15)7-10/h4-7,12,14,16H,3,8-9H2,1-2H3. The molecule has 1 fully saturated rings. The van der Waals surface area contributed by atoms with E-state index in [0.717, 1.165) is 12.0 Å². The van der Waals surface area contributed by atoms with Gasteiger partial charge in [0.2, 0.25) is 5.91 Å². The second-order valence-corrected chi connectivity index (χ2v) is 4.66. The van der Waals surface area contributed by atoms with Crippen LogP contribution in [0.5, 0.6) is 0 Å². The molecule has 0 radical (unpaired) electrons. The van der Waals surface area contributed by atoms with Crippen LogP contribution in [0.1, 0.15) is 25.1 Å². The van der Waals surface area contributed by atoms with Gasteiger partial charge in [0.15, 0.2) is 0 Å². The Bertz CT molecular complexity index is 453. The summed E-state index contributed by atoms with van der Waals surface area (Å²) >= 11 is 0. The molecule has 4 nitrogen and oxygen atoms in total. The molecule has 1 N–H and O–H groups in total. The number of benzene rings is 1. The van der Waals surface area contributed by atoms with Gasteiger partial charge < -0.3 is 9.64 Å². The van der Waals surface area contributed by atoms with Crippen LogP contribution in [-0.2, 0) is 9.53 Å². The van der Waals surface area contributed by atoms with Gasteiger partial charge in [0.05, 0.1) is 19.2 Å². The number of hydrogen-bond acceptors (Lipinski definition) is 3. The fourth-order valence-corrected chi connectivity index (χ4v) is 2.47. The van der Waals surface area contributed by atoms with E-state index in [2.05, 4.69) is 5.32 Å². The Hall–Kier alpha value is -1.46. The topological polar surface area (TPSA) is 41.6 Å². The minimum atomic E-state index is -0.293. The van der Waals surface area contributed by atoms with Gasteiger partial charge in [-0.3, -0.25) is 10.1 Å². The smallest absolute Gasteiger partial charge is 0.238 e. The molecule has 1 aliphatic heterocycles. The minimum absolute atomic E-state index is 0.000711. The number of rotatable bonds is 5. The van der Waals surface area contributed by atoms with Crippen molar-refractivity contribution in [1.82, 2.24) is 10.2 Å². The van der Waals surface area contributed by atoms with Crippen LogP contribution < -0.4 is 5.32 Å². The summed E-state index contributed by atoms with van der Waals surface area (Å²) < 4.78 is 18.5. The maximum Gasteiger partial charge on any atom is 0.238 e. The van der Waals surface area contributed by atoms with Crippen LogP contribution in [0.25, 0.3) is 0 Å². The highest BCUT2D eigenvalue weighted by atomic mass is 19.1. The highest BCUT2D eigenvalue weighted by Crippen LogP contribution is 2.26. The fraction of sp³-hybridized carbons (Fsp3) is 0.500. The van der Waals surface area contributed by atoms with Gasteiger partial charge in [0.25, 0.3) is 0 Å². The van der Waals surface area contributed by atoms with Crippen LogP contribution in [-0.4, -0.2) is 37.1 Å². The molecule has 0 saturated carbocycles. The molecule has 2 unspecified atom stereocenters. The minimum Gasteiger partial charge on any atom is -0.383 e. The molecule has 0 aliphatic carbocycles. The first kappa shape index (κ1) is 14.0. The summed E-state index contributed by atoms with van der Waals surface area (Å²) in [5, 5.41) is 3.13. The van der Waals surface area contributed by atoms with E-state index in [4.69, 9.17) is 4.74 Å². The third kappa shape index (κ3) is 2.93. The number of nitrogens with one attached hydrogen (secondary N) is 1. The molecule has 5 heteroatoms. The summed E-state index contributed by atoms with van der Waals surface area (Å²) in [6.45, 7) is 2.77. The number of amides is 1. The molecule has 0 spiro atoms. The van der Waals surface area contributed by atoms with E-state index in [-0.39, 0.29) is 30.5 Å². The number of nitrogens with zero attached hydrogens (tertiary/aromatic N) is 1. The van der Waals surface area contributed by atoms with E-state index in [9.17, 15) is 9.18 Å². The van der Waals surface area contributed by atoms with E-state index < -0.39 is 0 Å². The highest BCUT2D eigenvalue weighted by Gasteiger charge is 2.36. The van der Waals surface area contributed by atoms with Crippen molar-refractivity contribution in [1.29, 1.82) is 0 Å². The summed E-state index contributed by atoms with van der Waals surface area (Å²) in [6.07, 6.45) is 0.524. The fourth-order valence-electron chi connectivity index (χ4n) is 2.47. The monoisotopic (exact) mass is 266 g/mol. The molecule has 1 amide bonds. The third-order valence-electron chi connectivity index (χ3n) is 3.40. The average Bonchev–Trinajstić information content (AvgIpc) is 2.78. The summed E-state index contributed by atoms with van der Waals surface area (Å²) in [6, 6.07) is 6.34. The maximum atomic E-state index is 13.3. The molecule has 1 aliphatic rings. The second-order valence-electron chi connectivity index (χ2n) is 4.66. The van der Waals surface area contributed by atoms with Gasteiger partial charge in [-0.15, -0.1) is 0 Å². The SMILES string of the molecule is CCC(COC)N1C(=O)CNC1c1cccc(F)c1. The first-order valence-electron chi connectivity index (χ1n) is 6.46. The molecule has 0 aromatic heterocycles. The lowest BCUT2D eigenvalue weighted by Gasteiger charge is -2.32. The molecule has 1 saturated heterocycles. The van der Waals surface area contributed by atoms with Gasteiger partial charge in [-0.1, -0.05) is 19.1 Å². The van der Waals surface area contributed by atoms with E-state index in [1.54, 1.807) is 18.1 Å². The third-order valence-corrected chi connectivity index (χ3v) is 3.40. The van der Waals surface area contributed by atoms with E-state index in [1.807, 2.05) is 13.0 Å². The van der Waals surface area contributed by atoms with Crippen LogP contribution in [0.4, 0.5) is 4.39 Å². The van der Waals surface area contributed by atoms with Gasteiger partial charge >= 0.3 is 0 Å². The second kappa shape index (κ2) is 6.12. The lowest BCUT2D eigenvalue weighted by atomic mass is 10.1. The molecule has 2 rings (SSSR count). The molecule has 2 atom stereocenters. The van der Waals surface area contributed by atoms with Crippen molar-refractivity contribution in [3.05, 3.63) is 35.6 Å². The van der Waals surface area contributed by atoms with E-state index >= 15 is 0 Å². The van der Waals surface area contributed by atoms with Crippen molar-refractivity contribution in [2.24, 2.45) is 0 Å². The maximum absolute atomic E-state index is 13.3. The van der Waals surface area contributed by atoms with E-state index in [0.29, 0.717) is 6.61 Å². The van der Waals surface area contributed by atoms with Crippen molar-refractivity contribution >= 4 is 5.91 Å². The van der Waals surface area contributed by atoms with Crippen molar-refractivity contribution in [3.8, 4) is 0 Å². The number of ether oxygens (including phenoxy) is 1. The number of hydrogen-bond donors (Lipinski definition) is 1. The highest BCUT2D eigenvalue weighted by molar-refractivity contribution is 5.81. The normalized spacial score (nSPS) is 20.9. The number of methoxy groups -OCH3 is 1. The Morgan fingerprint density at radius 2 is 2.37 bits per heavy atom. The van der Waals surface area contributed by atoms with Gasteiger partial charge in [-0.2, -0.15) is 0 Å². The zero-order valence-electron chi connectivity index (χ0n) is 11.2. The molecular formula is C14H19FN2O2. The van der Waals surface area contributed by atoms with Crippen molar-refractivity contribution in [3.63, 3.8) is 0 Å². The molecule has 19 heavy (non-hydrogen) atoms. The summed E-state index contributed by atoms with van der Waals surface area (Å²) in [5.41, 5.74) is 0.764. The van der Waals surface area contributed by atoms with Crippen LogP contribution in [0.3, 0.4) is 0 Å². The first-order valence-corrected chi connectivity index (χ1v) is 6.46. The summed E-state index contributed by atoms with van der Waals surface area (Å²) in [4.78, 5) is 13.8. The Labute approximate surface area is 112 Å². The molecule has 104 valence electrons. The van der Waals surface area contributed by atoms with Gasteiger partial charge in [-0.25, -0.2) is 4.39 Å². The van der Waals surface area contributed by atoms with Gasteiger partial charge in [-0.05, 0) is 24.1 Å². The van der Waals surface area contributed by atoms with Crippen molar-refractivity contribution in [2.45, 2.75) is 25.6 Å². The zero-order valence-corrected chi connectivity index (χ0v) is 11.2. The predicted molar refractivity (Wildman–Crippen MR) is 69.9 cm³/mol. The van der Waals surface area contributed by atoms with Crippen LogP contribution >= 0.6 is 0 Å². The Morgan fingerprint density at radius 1 is 1.58 bits per heavy atom. The zero-order chi connectivity index (χ0) is 13.8. The lowest BCUT2D eigenvalue weighted by molar-refractivity contribution is -0.131. The average molecular weight is 266 g/mol. The quantitative estimate of drug-likeness (QED) is 0.881. The van der Waals surface area contributed by atoms with Crippen molar-refractivity contribution in [2.75, 3.05) is 20.3 Å². The van der Waals surface area contributed by atoms with Gasteiger partial charge in [0.1, 0.15) is 12.0 Å². The molecular weight excluding hydrogens is 247 g/mol. The largest absolute Gasteiger partial charge is 0.383 e. The predicted octanol–water partition coefficient (Wildman–Crippen LogP) is 1.68. The Kier molecular flexibility index (Phi) is 4.50. The summed E-state index contributed by atoms with van der Waals surface area (Å²) in [5.74, 6) is -0.267. The van der Waals surface area contributed by atoms with Crippen LogP contribution in [0, 0.1) is 5.82 Å². The molecule has 1 aromatic rings. The molecule has 1 heterocycles. The Balaban J connectivity index is 2.26. The van der Waals surface area contributed by atoms with Crippen molar-refractivity contribution < 1.29 is 13.9 Å². The van der Waals surface area contributed by atoms with Crippen LogP contribution in [0.2, 0.25) is 0 Å². The summed E-state index contributed by atoms with van der Waals surface area (Å²) in [7, 11) is 1.62. The Morgan fingerprint density at radius 3 is 3.00 bits per heavy atom. The van der Waals surface area contributed by atoms with E-state index in [1.165, 1.54) is 12.1 Å². The lowest BCUT2D eigenvalue weighted by Crippen LogP contribution is -2.41. The number of halogens is 1. The van der Waals surface area contributed by atoms with Gasteiger partial charge in [0, 0.05) is 7.11 Å². The van der Waals surface area contributed by atoms with Crippen LogP contribution in [0.15, 0.2) is 24.3 Å². The first-order chi connectivity index (χ1) is 9.17. The molecule has 1 aromatic carbocycles.